The molecule has 90 valence electrons. The first-order valence-electron chi connectivity index (χ1n) is 5.84. The van der Waals surface area contributed by atoms with E-state index in [0.29, 0.717) is 17.1 Å². The topological polar surface area (TPSA) is 53.4 Å². The van der Waals surface area contributed by atoms with E-state index in [0.717, 1.165) is 5.82 Å². The lowest BCUT2D eigenvalue weighted by Gasteiger charge is -2.23. The van der Waals surface area contributed by atoms with E-state index < -0.39 is 5.97 Å². The van der Waals surface area contributed by atoms with Crippen molar-refractivity contribution in [1.82, 2.24) is 4.98 Å². The van der Waals surface area contributed by atoms with Crippen molar-refractivity contribution in [3.05, 3.63) is 22.8 Å². The van der Waals surface area contributed by atoms with E-state index >= 15 is 0 Å². The number of aromatic carboxylic acids is 1. The Kier molecular flexibility index (Phi) is 2.47. The molecule has 2 fully saturated rings. The molecule has 2 saturated heterocycles. The summed E-state index contributed by atoms with van der Waals surface area (Å²) < 4.78 is 0. The minimum Gasteiger partial charge on any atom is -0.477 e. The summed E-state index contributed by atoms with van der Waals surface area (Å²) in [5.74, 6) is -0.305. The van der Waals surface area contributed by atoms with Crippen LogP contribution in [0.3, 0.4) is 0 Å². The van der Waals surface area contributed by atoms with Gasteiger partial charge in [0.15, 0.2) is 5.69 Å². The number of rotatable bonds is 2. The van der Waals surface area contributed by atoms with Crippen molar-refractivity contribution in [3.63, 3.8) is 0 Å². The van der Waals surface area contributed by atoms with Gasteiger partial charge in [-0.3, -0.25) is 0 Å². The molecule has 2 aliphatic heterocycles. The summed E-state index contributed by atoms with van der Waals surface area (Å²) in [6, 6.07) is 4.20. The monoisotopic (exact) mass is 252 g/mol. The van der Waals surface area contributed by atoms with Crippen LogP contribution in [-0.2, 0) is 0 Å². The molecule has 5 heteroatoms. The Hall–Kier alpha value is -1.29. The number of carboxylic acids is 1. The molecule has 0 radical (unpaired) electrons. The molecule has 2 aliphatic rings. The van der Waals surface area contributed by atoms with Gasteiger partial charge in [0, 0.05) is 17.1 Å². The maximum atomic E-state index is 11.0. The number of pyridine rings is 1. The predicted octanol–water partition coefficient (Wildman–Crippen LogP) is 2.56. The second kappa shape index (κ2) is 3.88. The maximum Gasteiger partial charge on any atom is 0.354 e. The molecule has 0 atom stereocenters. The third-order valence-corrected chi connectivity index (χ3v) is 3.93. The Balaban J connectivity index is 2.00. The number of hydrogen-bond donors (Lipinski definition) is 1. The summed E-state index contributed by atoms with van der Waals surface area (Å²) in [7, 11) is 0. The third-order valence-electron chi connectivity index (χ3n) is 3.71. The lowest BCUT2D eigenvalue weighted by Crippen LogP contribution is -2.29. The van der Waals surface area contributed by atoms with Crippen molar-refractivity contribution in [2.24, 2.45) is 0 Å². The molecule has 1 aromatic heterocycles. The second-order valence-corrected chi connectivity index (χ2v) is 5.14. The zero-order chi connectivity index (χ0) is 12.0. The van der Waals surface area contributed by atoms with Crippen molar-refractivity contribution in [3.8, 4) is 0 Å². The SMILES string of the molecule is O=C(O)c1cc(Cl)cc(N2C3CCC2CC3)n1. The van der Waals surface area contributed by atoms with Gasteiger partial charge < -0.3 is 10.0 Å². The van der Waals surface area contributed by atoms with Gasteiger partial charge in [-0.2, -0.15) is 0 Å². The quantitative estimate of drug-likeness (QED) is 0.879. The predicted molar refractivity (Wildman–Crippen MR) is 64.7 cm³/mol. The molecule has 1 aromatic rings. The number of carboxylic acid groups (broad SMARTS) is 1. The molecule has 17 heavy (non-hydrogen) atoms. The molecule has 3 heterocycles. The van der Waals surface area contributed by atoms with E-state index in [1.807, 2.05) is 0 Å². The standard InChI is InChI=1S/C12H13ClN2O2/c13-7-5-10(12(16)17)14-11(6-7)15-8-1-2-9(15)4-3-8/h5-6,8-9H,1-4H2,(H,16,17). The largest absolute Gasteiger partial charge is 0.477 e. The summed E-state index contributed by atoms with van der Waals surface area (Å²) in [5.41, 5.74) is 0.0267. The molecule has 0 aromatic carbocycles. The molecule has 2 bridgehead atoms. The van der Waals surface area contributed by atoms with Gasteiger partial charge in [0.2, 0.25) is 0 Å². The van der Waals surface area contributed by atoms with Gasteiger partial charge in [-0.05, 0) is 37.8 Å². The van der Waals surface area contributed by atoms with Gasteiger partial charge in [-0.25, -0.2) is 9.78 Å². The van der Waals surface area contributed by atoms with Gasteiger partial charge in [0.05, 0.1) is 0 Å². The van der Waals surface area contributed by atoms with Crippen molar-refractivity contribution < 1.29 is 9.90 Å². The zero-order valence-corrected chi connectivity index (χ0v) is 10.0. The van der Waals surface area contributed by atoms with Crippen molar-refractivity contribution in [1.29, 1.82) is 0 Å². The van der Waals surface area contributed by atoms with Gasteiger partial charge >= 0.3 is 5.97 Å². The first kappa shape index (κ1) is 10.8. The third kappa shape index (κ3) is 1.76. The fraction of sp³-hybridized carbons (Fsp3) is 0.500. The van der Waals surface area contributed by atoms with E-state index in [9.17, 15) is 4.79 Å². The van der Waals surface area contributed by atoms with Crippen LogP contribution in [0.2, 0.25) is 5.02 Å². The highest BCUT2D eigenvalue weighted by Crippen LogP contribution is 2.40. The first-order valence-corrected chi connectivity index (χ1v) is 6.22. The summed E-state index contributed by atoms with van der Waals surface area (Å²) in [6.07, 6.45) is 4.73. The summed E-state index contributed by atoms with van der Waals surface area (Å²) in [4.78, 5) is 17.4. The Bertz CT molecular complexity index is 458. The molecule has 0 spiro atoms. The van der Waals surface area contributed by atoms with Crippen LogP contribution in [0.4, 0.5) is 5.82 Å². The normalized spacial score (nSPS) is 26.5. The number of halogens is 1. The molecule has 0 aliphatic carbocycles. The summed E-state index contributed by atoms with van der Waals surface area (Å²) in [6.45, 7) is 0. The zero-order valence-electron chi connectivity index (χ0n) is 9.27. The Morgan fingerprint density at radius 3 is 2.41 bits per heavy atom. The Morgan fingerprint density at radius 2 is 1.88 bits per heavy atom. The van der Waals surface area contributed by atoms with Crippen LogP contribution in [0.5, 0.6) is 0 Å². The molecular formula is C12H13ClN2O2. The van der Waals surface area contributed by atoms with Gasteiger partial charge in [0.1, 0.15) is 5.82 Å². The van der Waals surface area contributed by atoms with E-state index in [2.05, 4.69) is 9.88 Å². The Labute approximate surface area is 104 Å². The lowest BCUT2D eigenvalue weighted by atomic mass is 10.0. The maximum absolute atomic E-state index is 11.0. The lowest BCUT2D eigenvalue weighted by molar-refractivity contribution is 0.0690. The number of aromatic nitrogens is 1. The van der Waals surface area contributed by atoms with E-state index in [4.69, 9.17) is 16.7 Å². The van der Waals surface area contributed by atoms with E-state index in [1.165, 1.54) is 31.7 Å². The number of fused-ring (bicyclic) bond motifs is 2. The smallest absolute Gasteiger partial charge is 0.354 e. The number of hydrogen-bond acceptors (Lipinski definition) is 3. The van der Waals surface area contributed by atoms with Crippen molar-refractivity contribution in [2.75, 3.05) is 4.90 Å². The number of anilines is 1. The Morgan fingerprint density at radius 1 is 1.29 bits per heavy atom. The molecule has 4 nitrogen and oxygen atoms in total. The van der Waals surface area contributed by atoms with Crippen LogP contribution in [0.1, 0.15) is 36.2 Å². The van der Waals surface area contributed by atoms with Crippen molar-refractivity contribution in [2.45, 2.75) is 37.8 Å². The highest BCUT2D eigenvalue weighted by molar-refractivity contribution is 6.31. The number of carbonyl (C=O) groups is 1. The minimum atomic E-state index is -1.03. The molecule has 0 amide bonds. The molecule has 3 rings (SSSR count). The summed E-state index contributed by atoms with van der Waals surface area (Å²) in [5, 5.41) is 9.43. The molecule has 1 N–H and O–H groups in total. The second-order valence-electron chi connectivity index (χ2n) is 4.70. The van der Waals surface area contributed by atoms with Gasteiger partial charge in [-0.1, -0.05) is 11.6 Å². The molecule has 0 unspecified atom stereocenters. The van der Waals surface area contributed by atoms with Crippen LogP contribution in [0, 0.1) is 0 Å². The van der Waals surface area contributed by atoms with Crippen LogP contribution in [-0.4, -0.2) is 28.1 Å². The van der Waals surface area contributed by atoms with Gasteiger partial charge in [0.25, 0.3) is 0 Å². The average molecular weight is 253 g/mol. The van der Waals surface area contributed by atoms with Crippen LogP contribution in [0.25, 0.3) is 0 Å². The van der Waals surface area contributed by atoms with Crippen LogP contribution >= 0.6 is 11.6 Å². The van der Waals surface area contributed by atoms with E-state index in [-0.39, 0.29) is 5.69 Å². The van der Waals surface area contributed by atoms with Crippen molar-refractivity contribution >= 4 is 23.4 Å². The minimum absolute atomic E-state index is 0.0267. The van der Waals surface area contributed by atoms with Crippen LogP contribution < -0.4 is 4.90 Å². The molecular weight excluding hydrogens is 240 g/mol. The fourth-order valence-corrected chi connectivity index (χ4v) is 3.21. The van der Waals surface area contributed by atoms with E-state index in [1.54, 1.807) is 6.07 Å². The molecule has 0 saturated carbocycles. The summed E-state index contributed by atoms with van der Waals surface area (Å²) >= 11 is 5.96. The number of nitrogens with zero attached hydrogens (tertiary/aromatic N) is 2. The fourth-order valence-electron chi connectivity index (χ4n) is 3.01. The highest BCUT2D eigenvalue weighted by atomic mass is 35.5. The first-order chi connectivity index (χ1) is 8.15. The van der Waals surface area contributed by atoms with Gasteiger partial charge in [-0.15, -0.1) is 0 Å². The highest BCUT2D eigenvalue weighted by Gasteiger charge is 2.40. The van der Waals surface area contributed by atoms with Crippen LogP contribution in [0.15, 0.2) is 12.1 Å². The average Bonchev–Trinajstić information content (AvgIpc) is 2.87.